The van der Waals surface area contributed by atoms with Crippen LogP contribution in [0.4, 0.5) is 24.7 Å². The van der Waals surface area contributed by atoms with E-state index >= 15 is 0 Å². The predicted octanol–water partition coefficient (Wildman–Crippen LogP) is 5.72. The number of rotatable bonds is 4. The summed E-state index contributed by atoms with van der Waals surface area (Å²) in [6, 6.07) is 12.9. The van der Waals surface area contributed by atoms with E-state index in [1.165, 1.54) is 6.07 Å². The highest BCUT2D eigenvalue weighted by atomic mass is 19.4. The number of halogens is 3. The number of alkyl halides is 3. The Balaban J connectivity index is 1.61. The highest BCUT2D eigenvalue weighted by Gasteiger charge is 2.31. The molecule has 166 valence electrons. The molecule has 2 aromatic carbocycles. The van der Waals surface area contributed by atoms with Gasteiger partial charge in [0.1, 0.15) is 5.82 Å². The second-order valence-corrected chi connectivity index (χ2v) is 7.78. The van der Waals surface area contributed by atoms with E-state index in [9.17, 15) is 13.2 Å². The number of nitrogen functional groups attached to an aromatic ring is 1. The lowest BCUT2D eigenvalue weighted by Crippen LogP contribution is -2.12. The number of hydrogen-bond donors (Lipinski definition) is 2. The maximum absolute atomic E-state index is 13.3. The van der Waals surface area contributed by atoms with Crippen LogP contribution in [0, 0.1) is 0 Å². The molecule has 0 amide bonds. The summed E-state index contributed by atoms with van der Waals surface area (Å²) in [5.74, 6) is 1.00. The zero-order valence-electron chi connectivity index (χ0n) is 17.5. The molecule has 0 saturated heterocycles. The van der Waals surface area contributed by atoms with Gasteiger partial charge in [0.2, 0.25) is 5.78 Å². The minimum absolute atomic E-state index is 0.0509. The molecule has 3 heterocycles. The van der Waals surface area contributed by atoms with Crippen molar-refractivity contribution in [3.8, 4) is 11.1 Å². The average Bonchev–Trinajstić information content (AvgIpc) is 3.27. The quantitative estimate of drug-likeness (QED) is 0.344. The topological polar surface area (TPSA) is 81.1 Å². The molecule has 3 aromatic heterocycles. The molecule has 0 spiro atoms. The van der Waals surface area contributed by atoms with Crippen LogP contribution in [0.25, 0.3) is 27.8 Å². The summed E-state index contributed by atoms with van der Waals surface area (Å²) in [4.78, 5) is 13.0. The second-order valence-electron chi connectivity index (χ2n) is 7.78. The van der Waals surface area contributed by atoms with Gasteiger partial charge in [-0.1, -0.05) is 6.07 Å². The standard InChI is InChI=1S/C24H19F3N6/c1-14(17-10-18(24(25,26)27)13-19(28)11-17)31-22-20-12-16(15-4-6-29-7-5-15)2-3-21(20)33-9-8-30-23(33)32-22/h2-14H,28H2,1H3,(H,30,31,32)/t14-/m1/s1. The van der Waals surface area contributed by atoms with Crippen molar-refractivity contribution in [1.82, 2.24) is 19.4 Å². The van der Waals surface area contributed by atoms with Gasteiger partial charge in [-0.25, -0.2) is 4.98 Å². The lowest BCUT2D eigenvalue weighted by atomic mass is 10.0. The van der Waals surface area contributed by atoms with Crippen LogP contribution in [0.1, 0.15) is 24.1 Å². The Kier molecular flexibility index (Phi) is 4.88. The fourth-order valence-electron chi connectivity index (χ4n) is 3.87. The van der Waals surface area contributed by atoms with Crippen molar-refractivity contribution in [3.05, 3.63) is 84.4 Å². The summed E-state index contributed by atoms with van der Waals surface area (Å²) < 4.78 is 41.7. The molecule has 0 aliphatic heterocycles. The average molecular weight is 448 g/mol. The first-order valence-corrected chi connectivity index (χ1v) is 10.2. The molecular weight excluding hydrogens is 429 g/mol. The summed E-state index contributed by atoms with van der Waals surface area (Å²) in [5.41, 5.74) is 8.26. The largest absolute Gasteiger partial charge is 0.416 e. The number of anilines is 2. The Bertz CT molecular complexity index is 1460. The van der Waals surface area contributed by atoms with Gasteiger partial charge in [0.25, 0.3) is 0 Å². The Morgan fingerprint density at radius 3 is 2.52 bits per heavy atom. The third-order valence-electron chi connectivity index (χ3n) is 5.52. The molecule has 33 heavy (non-hydrogen) atoms. The molecule has 1 atom stereocenters. The van der Waals surface area contributed by atoms with Crippen molar-refractivity contribution in [2.24, 2.45) is 0 Å². The van der Waals surface area contributed by atoms with Crippen molar-refractivity contribution in [1.29, 1.82) is 0 Å². The Hall–Kier alpha value is -4.14. The molecule has 0 fully saturated rings. The second kappa shape index (κ2) is 7.77. The van der Waals surface area contributed by atoms with Crippen LogP contribution in [0.15, 0.2) is 73.3 Å². The van der Waals surface area contributed by atoms with Crippen molar-refractivity contribution >= 4 is 28.2 Å². The first-order valence-electron chi connectivity index (χ1n) is 10.2. The molecule has 6 nitrogen and oxygen atoms in total. The predicted molar refractivity (Wildman–Crippen MR) is 122 cm³/mol. The third kappa shape index (κ3) is 3.93. The van der Waals surface area contributed by atoms with E-state index in [1.807, 2.05) is 40.9 Å². The van der Waals surface area contributed by atoms with Crippen molar-refractivity contribution < 1.29 is 13.2 Å². The van der Waals surface area contributed by atoms with Gasteiger partial charge in [-0.15, -0.1) is 0 Å². The van der Waals surface area contributed by atoms with Gasteiger partial charge in [0.05, 0.1) is 17.1 Å². The summed E-state index contributed by atoms with van der Waals surface area (Å²) in [7, 11) is 0. The van der Waals surface area contributed by atoms with Crippen molar-refractivity contribution in [2.45, 2.75) is 19.1 Å². The Morgan fingerprint density at radius 1 is 0.970 bits per heavy atom. The monoisotopic (exact) mass is 448 g/mol. The lowest BCUT2D eigenvalue weighted by molar-refractivity contribution is -0.137. The first-order chi connectivity index (χ1) is 15.8. The molecule has 0 aliphatic rings. The maximum atomic E-state index is 13.3. The van der Waals surface area contributed by atoms with Gasteiger partial charge in [0.15, 0.2) is 0 Å². The molecule has 0 radical (unpaired) electrons. The molecule has 0 saturated carbocycles. The number of imidazole rings is 1. The Morgan fingerprint density at radius 2 is 1.76 bits per heavy atom. The number of fused-ring (bicyclic) bond motifs is 3. The van der Waals surface area contributed by atoms with Crippen LogP contribution in [-0.2, 0) is 6.18 Å². The highest BCUT2D eigenvalue weighted by Crippen LogP contribution is 2.35. The Labute approximate surface area is 186 Å². The van der Waals surface area contributed by atoms with Gasteiger partial charge in [0, 0.05) is 35.9 Å². The number of hydrogen-bond acceptors (Lipinski definition) is 5. The molecule has 5 aromatic rings. The number of nitrogens with two attached hydrogens (primary N) is 1. The lowest BCUT2D eigenvalue weighted by Gasteiger charge is -2.19. The number of nitrogens with one attached hydrogen (secondary N) is 1. The number of benzene rings is 2. The number of nitrogens with zero attached hydrogens (tertiary/aromatic N) is 4. The van der Waals surface area contributed by atoms with Crippen LogP contribution in [0.3, 0.4) is 0 Å². The van der Waals surface area contributed by atoms with Gasteiger partial charge < -0.3 is 11.1 Å². The van der Waals surface area contributed by atoms with Crippen LogP contribution in [-0.4, -0.2) is 19.4 Å². The van der Waals surface area contributed by atoms with Crippen molar-refractivity contribution in [2.75, 3.05) is 11.1 Å². The van der Waals surface area contributed by atoms with E-state index in [0.29, 0.717) is 17.2 Å². The number of aromatic nitrogens is 4. The zero-order chi connectivity index (χ0) is 23.2. The van der Waals surface area contributed by atoms with E-state index < -0.39 is 17.8 Å². The molecule has 9 heteroatoms. The smallest absolute Gasteiger partial charge is 0.399 e. The van der Waals surface area contributed by atoms with Crippen molar-refractivity contribution in [3.63, 3.8) is 0 Å². The third-order valence-corrected chi connectivity index (χ3v) is 5.52. The first kappa shape index (κ1) is 20.7. The van der Waals surface area contributed by atoms with E-state index in [0.717, 1.165) is 34.2 Å². The zero-order valence-corrected chi connectivity index (χ0v) is 17.5. The molecule has 5 rings (SSSR count). The summed E-state index contributed by atoms with van der Waals surface area (Å²) in [5, 5.41) is 4.08. The van der Waals surface area contributed by atoms with Gasteiger partial charge >= 0.3 is 6.18 Å². The van der Waals surface area contributed by atoms with E-state index in [1.54, 1.807) is 25.5 Å². The van der Waals surface area contributed by atoms with Crippen LogP contribution in [0.2, 0.25) is 0 Å². The molecular formula is C24H19F3N6. The SMILES string of the molecule is C[C@@H](Nc1nc2nccn2c2ccc(-c3ccncc3)cc12)c1cc(N)cc(C(F)(F)F)c1. The molecule has 0 bridgehead atoms. The highest BCUT2D eigenvalue weighted by molar-refractivity contribution is 5.94. The van der Waals surface area contributed by atoms with E-state index in [4.69, 9.17) is 5.73 Å². The maximum Gasteiger partial charge on any atom is 0.416 e. The fraction of sp³-hybridized carbons (Fsp3) is 0.125. The summed E-state index contributed by atoms with van der Waals surface area (Å²) >= 11 is 0. The van der Waals surface area contributed by atoms with E-state index in [2.05, 4.69) is 20.3 Å². The van der Waals surface area contributed by atoms with Crippen LogP contribution < -0.4 is 11.1 Å². The van der Waals surface area contributed by atoms with Gasteiger partial charge in [-0.2, -0.15) is 18.2 Å². The fourth-order valence-corrected chi connectivity index (χ4v) is 3.87. The molecule has 3 N–H and O–H groups in total. The normalized spacial score (nSPS) is 12.8. The molecule has 0 unspecified atom stereocenters. The minimum atomic E-state index is -4.48. The van der Waals surface area contributed by atoms with Crippen LogP contribution >= 0.6 is 0 Å². The van der Waals surface area contributed by atoms with E-state index in [-0.39, 0.29) is 5.69 Å². The molecule has 0 aliphatic carbocycles. The number of pyridine rings is 1. The summed E-state index contributed by atoms with van der Waals surface area (Å²) in [6.07, 6.45) is 2.42. The summed E-state index contributed by atoms with van der Waals surface area (Å²) in [6.45, 7) is 1.77. The van der Waals surface area contributed by atoms with Gasteiger partial charge in [-0.3, -0.25) is 9.38 Å². The van der Waals surface area contributed by atoms with Crippen LogP contribution in [0.5, 0.6) is 0 Å². The minimum Gasteiger partial charge on any atom is -0.399 e. The van der Waals surface area contributed by atoms with Gasteiger partial charge in [-0.05, 0) is 66.1 Å².